The second-order valence-corrected chi connectivity index (χ2v) is 4.58. The smallest absolute Gasteiger partial charge is 0.0643 e. The number of nitrogens with one attached hydrogen (secondary N) is 1. The van der Waals surface area contributed by atoms with Crippen LogP contribution in [-0.2, 0) is 0 Å². The van der Waals surface area contributed by atoms with E-state index in [2.05, 4.69) is 39.5 Å². The van der Waals surface area contributed by atoms with Crippen LogP contribution in [0.3, 0.4) is 0 Å². The van der Waals surface area contributed by atoms with Crippen molar-refractivity contribution >= 4 is 32.8 Å². The molecule has 0 radical (unpaired) electrons. The molecule has 3 aromatic rings. The molecular weight excluding hydrogens is 198 g/mol. The minimum absolute atomic E-state index is 1.26. The van der Waals surface area contributed by atoms with Gasteiger partial charge >= 0.3 is 0 Å². The molecular formula is C10H7NS2. The Kier molecular flexibility index (Phi) is 1.54. The molecule has 0 aliphatic rings. The molecule has 0 unspecified atom stereocenters. The van der Waals surface area contributed by atoms with Crippen LogP contribution in [0.5, 0.6) is 0 Å². The van der Waals surface area contributed by atoms with Crippen molar-refractivity contribution in [1.82, 2.24) is 4.98 Å². The van der Waals surface area contributed by atoms with Gasteiger partial charge in [-0.3, -0.25) is 0 Å². The molecule has 0 aliphatic heterocycles. The van der Waals surface area contributed by atoms with E-state index in [4.69, 9.17) is 0 Å². The highest BCUT2D eigenvalue weighted by molar-refractivity contribution is 7.17. The van der Waals surface area contributed by atoms with Crippen molar-refractivity contribution in [2.24, 2.45) is 0 Å². The van der Waals surface area contributed by atoms with Crippen molar-refractivity contribution in [3.05, 3.63) is 34.5 Å². The molecule has 3 heteroatoms. The lowest BCUT2D eigenvalue weighted by Gasteiger charge is -1.90. The zero-order valence-corrected chi connectivity index (χ0v) is 8.41. The molecule has 0 fully saturated rings. The summed E-state index contributed by atoms with van der Waals surface area (Å²) in [7, 11) is 0. The second kappa shape index (κ2) is 2.72. The van der Waals surface area contributed by atoms with Crippen LogP contribution >= 0.6 is 22.7 Å². The summed E-state index contributed by atoms with van der Waals surface area (Å²) in [5, 5.41) is 7.72. The van der Waals surface area contributed by atoms with Crippen molar-refractivity contribution in [1.29, 1.82) is 0 Å². The third-order valence-electron chi connectivity index (χ3n) is 2.10. The van der Waals surface area contributed by atoms with Gasteiger partial charge in [-0.25, -0.2) is 0 Å². The van der Waals surface area contributed by atoms with Gasteiger partial charge < -0.3 is 4.98 Å². The van der Waals surface area contributed by atoms with E-state index in [0.717, 1.165) is 0 Å². The topological polar surface area (TPSA) is 15.8 Å². The van der Waals surface area contributed by atoms with Gasteiger partial charge in [-0.05, 0) is 22.9 Å². The molecule has 3 aromatic heterocycles. The van der Waals surface area contributed by atoms with Gasteiger partial charge in [0, 0.05) is 22.5 Å². The highest BCUT2D eigenvalue weighted by Gasteiger charge is 2.06. The number of aromatic amines is 1. The van der Waals surface area contributed by atoms with Crippen LogP contribution in [0.1, 0.15) is 0 Å². The lowest BCUT2D eigenvalue weighted by Crippen LogP contribution is -1.69. The fourth-order valence-electron chi connectivity index (χ4n) is 1.47. The minimum Gasteiger partial charge on any atom is -0.359 e. The summed E-state index contributed by atoms with van der Waals surface area (Å²) < 4.78 is 1.36. The average molecular weight is 205 g/mol. The highest BCUT2D eigenvalue weighted by atomic mass is 32.1. The summed E-state index contributed by atoms with van der Waals surface area (Å²) in [5.74, 6) is 0. The Balaban J connectivity index is 2.33. The highest BCUT2D eigenvalue weighted by Crippen LogP contribution is 2.32. The molecule has 0 spiro atoms. The van der Waals surface area contributed by atoms with Crippen molar-refractivity contribution < 1.29 is 0 Å². The van der Waals surface area contributed by atoms with Crippen molar-refractivity contribution in [3.8, 4) is 11.3 Å². The van der Waals surface area contributed by atoms with E-state index in [9.17, 15) is 0 Å². The standard InChI is InChI=1S/C10H7NS2/c1-3-12-6-8(1)9-10-7(5-11-9)2-4-13-10/h1-6,11H. The normalized spacial score (nSPS) is 11.1. The Morgan fingerprint density at radius 1 is 1.15 bits per heavy atom. The fourth-order valence-corrected chi connectivity index (χ4v) is 3.03. The average Bonchev–Trinajstić information content (AvgIpc) is 2.79. The van der Waals surface area contributed by atoms with Crippen LogP contribution in [0.25, 0.3) is 21.3 Å². The first kappa shape index (κ1) is 7.35. The first-order chi connectivity index (χ1) is 6.45. The van der Waals surface area contributed by atoms with E-state index < -0.39 is 0 Å². The van der Waals surface area contributed by atoms with Crippen LogP contribution in [0.15, 0.2) is 34.5 Å². The Bertz CT molecular complexity index is 516. The van der Waals surface area contributed by atoms with E-state index in [0.29, 0.717) is 0 Å². The zero-order valence-electron chi connectivity index (χ0n) is 6.78. The number of H-pyrrole nitrogens is 1. The number of rotatable bonds is 1. The van der Waals surface area contributed by atoms with Gasteiger partial charge in [0.25, 0.3) is 0 Å². The number of hydrogen-bond acceptors (Lipinski definition) is 2. The molecule has 13 heavy (non-hydrogen) atoms. The first-order valence-corrected chi connectivity index (χ1v) is 5.84. The minimum atomic E-state index is 1.26. The first-order valence-electron chi connectivity index (χ1n) is 4.02. The lowest BCUT2D eigenvalue weighted by atomic mass is 10.2. The maximum atomic E-state index is 3.31. The third-order valence-corrected chi connectivity index (χ3v) is 3.74. The van der Waals surface area contributed by atoms with Gasteiger partial charge in [-0.1, -0.05) is 0 Å². The number of hydrogen-bond donors (Lipinski definition) is 1. The van der Waals surface area contributed by atoms with Crippen LogP contribution in [0, 0.1) is 0 Å². The van der Waals surface area contributed by atoms with E-state index >= 15 is 0 Å². The van der Waals surface area contributed by atoms with E-state index in [1.807, 2.05) is 0 Å². The fraction of sp³-hybridized carbons (Fsp3) is 0. The molecule has 64 valence electrons. The van der Waals surface area contributed by atoms with Crippen LogP contribution in [0.2, 0.25) is 0 Å². The van der Waals surface area contributed by atoms with Crippen molar-refractivity contribution in [2.75, 3.05) is 0 Å². The molecule has 0 bridgehead atoms. The summed E-state index contributed by atoms with van der Waals surface area (Å²) in [6, 6.07) is 4.29. The number of aromatic nitrogens is 1. The molecule has 0 aliphatic carbocycles. The van der Waals surface area contributed by atoms with Gasteiger partial charge in [0.05, 0.1) is 10.4 Å². The molecule has 0 aromatic carbocycles. The maximum absolute atomic E-state index is 3.31. The monoisotopic (exact) mass is 205 g/mol. The Morgan fingerprint density at radius 2 is 2.15 bits per heavy atom. The number of thiophene rings is 2. The van der Waals surface area contributed by atoms with Gasteiger partial charge in [-0.15, -0.1) is 11.3 Å². The van der Waals surface area contributed by atoms with Crippen molar-refractivity contribution in [2.45, 2.75) is 0 Å². The van der Waals surface area contributed by atoms with Crippen LogP contribution in [-0.4, -0.2) is 4.98 Å². The Morgan fingerprint density at radius 3 is 3.00 bits per heavy atom. The molecule has 0 amide bonds. The van der Waals surface area contributed by atoms with E-state index in [1.54, 1.807) is 22.7 Å². The van der Waals surface area contributed by atoms with Gasteiger partial charge in [0.15, 0.2) is 0 Å². The molecule has 1 nitrogen and oxygen atoms in total. The molecule has 3 rings (SSSR count). The maximum Gasteiger partial charge on any atom is 0.0643 e. The van der Waals surface area contributed by atoms with Gasteiger partial charge in [0.1, 0.15) is 0 Å². The molecule has 3 heterocycles. The molecule has 1 N–H and O–H groups in total. The zero-order chi connectivity index (χ0) is 8.67. The predicted octanol–water partition coefficient (Wildman–Crippen LogP) is 3.96. The second-order valence-electron chi connectivity index (χ2n) is 2.88. The summed E-state index contributed by atoms with van der Waals surface area (Å²) in [4.78, 5) is 3.31. The van der Waals surface area contributed by atoms with Gasteiger partial charge in [-0.2, -0.15) is 11.3 Å². The van der Waals surface area contributed by atoms with E-state index in [1.165, 1.54) is 21.3 Å². The molecule has 0 atom stereocenters. The summed E-state index contributed by atoms with van der Waals surface area (Å²) in [5.41, 5.74) is 2.55. The summed E-state index contributed by atoms with van der Waals surface area (Å²) >= 11 is 3.53. The third kappa shape index (κ3) is 1.04. The Hall–Kier alpha value is -1.06. The summed E-state index contributed by atoms with van der Waals surface area (Å²) in [6.45, 7) is 0. The van der Waals surface area contributed by atoms with Gasteiger partial charge in [0.2, 0.25) is 0 Å². The lowest BCUT2D eigenvalue weighted by molar-refractivity contribution is 1.42. The quantitative estimate of drug-likeness (QED) is 0.619. The van der Waals surface area contributed by atoms with Crippen LogP contribution in [0.4, 0.5) is 0 Å². The van der Waals surface area contributed by atoms with Crippen molar-refractivity contribution in [3.63, 3.8) is 0 Å². The SMILES string of the molecule is c1cc(-c2[nH]cc3ccsc23)cs1. The molecule has 0 saturated carbocycles. The predicted molar refractivity (Wildman–Crippen MR) is 59.5 cm³/mol. The van der Waals surface area contributed by atoms with Crippen LogP contribution < -0.4 is 0 Å². The summed E-state index contributed by atoms with van der Waals surface area (Å²) in [6.07, 6.45) is 2.07. The Labute approximate surface area is 83.7 Å². The van der Waals surface area contributed by atoms with E-state index in [-0.39, 0.29) is 0 Å². The molecule has 0 saturated heterocycles. The largest absolute Gasteiger partial charge is 0.359 e. The number of fused-ring (bicyclic) bond motifs is 1.